The number of carboxylic acids is 1. The van der Waals surface area contributed by atoms with Crippen LogP contribution >= 0.6 is 0 Å². The molecule has 7 heteroatoms. The average molecular weight is 262 g/mol. The van der Waals surface area contributed by atoms with Gasteiger partial charge in [0.2, 0.25) is 0 Å². The van der Waals surface area contributed by atoms with Gasteiger partial charge in [-0.05, 0) is 11.6 Å². The van der Waals surface area contributed by atoms with E-state index in [1.54, 1.807) is 10.9 Å². The van der Waals surface area contributed by atoms with Crippen LogP contribution in [0.2, 0.25) is 0 Å². The molecule has 2 aromatic rings. The van der Waals surface area contributed by atoms with Gasteiger partial charge in [0.25, 0.3) is 0 Å². The van der Waals surface area contributed by atoms with Gasteiger partial charge in [0.15, 0.2) is 0 Å². The normalized spacial score (nSPS) is 10.4. The van der Waals surface area contributed by atoms with Gasteiger partial charge in [-0.3, -0.25) is 9.48 Å². The number of carboxylic acid groups (broad SMARTS) is 1. The van der Waals surface area contributed by atoms with Crippen LogP contribution in [0.15, 0.2) is 24.4 Å². The van der Waals surface area contributed by atoms with Crippen molar-refractivity contribution in [3.63, 3.8) is 0 Å². The fourth-order valence-corrected chi connectivity index (χ4v) is 1.70. The summed E-state index contributed by atoms with van der Waals surface area (Å²) in [5.74, 6) is -1.08. The molecule has 0 aliphatic carbocycles. The van der Waals surface area contributed by atoms with Gasteiger partial charge >= 0.3 is 12.0 Å². The first-order valence-electron chi connectivity index (χ1n) is 5.70. The number of benzene rings is 1. The summed E-state index contributed by atoms with van der Waals surface area (Å²) in [4.78, 5) is 21.6. The van der Waals surface area contributed by atoms with Crippen molar-refractivity contribution in [3.05, 3.63) is 30.0 Å². The monoisotopic (exact) mass is 262 g/mol. The van der Waals surface area contributed by atoms with E-state index in [4.69, 9.17) is 5.11 Å². The molecule has 100 valence electrons. The molecule has 0 aliphatic heterocycles. The number of nitrogens with one attached hydrogen (secondary N) is 2. The number of rotatable bonds is 4. The minimum Gasteiger partial charge on any atom is -0.480 e. The van der Waals surface area contributed by atoms with E-state index in [0.717, 1.165) is 16.5 Å². The standard InChI is InChI=1S/C12H14N4O3/c1-16-10-4-8(2-3-9(10)6-15-16)5-13-12(19)14-7-11(17)18/h2-4,6H,5,7H2,1H3,(H,17,18)(H2,13,14,19). The molecule has 0 aliphatic rings. The second kappa shape index (κ2) is 5.38. The van der Waals surface area contributed by atoms with Gasteiger partial charge in [0.05, 0.1) is 11.7 Å². The van der Waals surface area contributed by atoms with E-state index < -0.39 is 18.5 Å². The van der Waals surface area contributed by atoms with Crippen LogP contribution in [-0.4, -0.2) is 33.4 Å². The van der Waals surface area contributed by atoms with Crippen LogP contribution in [-0.2, 0) is 18.4 Å². The second-order valence-electron chi connectivity index (χ2n) is 4.09. The molecule has 7 nitrogen and oxygen atoms in total. The molecular weight excluding hydrogens is 248 g/mol. The topological polar surface area (TPSA) is 96.3 Å². The predicted molar refractivity (Wildman–Crippen MR) is 68.6 cm³/mol. The number of urea groups is 1. The maximum atomic E-state index is 11.3. The number of carbonyl (C=O) groups is 2. The number of hydrogen-bond acceptors (Lipinski definition) is 3. The van der Waals surface area contributed by atoms with Crippen LogP contribution in [0.3, 0.4) is 0 Å². The Balaban J connectivity index is 1.96. The Kier molecular flexibility index (Phi) is 3.65. The van der Waals surface area contributed by atoms with Crippen molar-refractivity contribution < 1.29 is 14.7 Å². The molecule has 1 heterocycles. The first kappa shape index (κ1) is 12.9. The summed E-state index contributed by atoms with van der Waals surface area (Å²) in [6.07, 6.45) is 1.77. The van der Waals surface area contributed by atoms with E-state index in [-0.39, 0.29) is 0 Å². The first-order valence-corrected chi connectivity index (χ1v) is 5.70. The number of amides is 2. The molecule has 2 rings (SSSR count). The van der Waals surface area contributed by atoms with Crippen molar-refractivity contribution in [2.45, 2.75) is 6.54 Å². The molecule has 1 aromatic carbocycles. The summed E-state index contributed by atoms with van der Waals surface area (Å²) in [7, 11) is 1.85. The Bertz CT molecular complexity index is 620. The van der Waals surface area contributed by atoms with Gasteiger partial charge in [-0.25, -0.2) is 4.79 Å². The van der Waals surface area contributed by atoms with Gasteiger partial charge in [-0.15, -0.1) is 0 Å². The third-order valence-corrected chi connectivity index (χ3v) is 2.67. The summed E-state index contributed by atoms with van der Waals surface area (Å²) in [6, 6.07) is 5.24. The fraction of sp³-hybridized carbons (Fsp3) is 0.250. The number of aromatic nitrogens is 2. The van der Waals surface area contributed by atoms with Crippen molar-refractivity contribution in [2.75, 3.05) is 6.54 Å². The minimum atomic E-state index is -1.08. The van der Waals surface area contributed by atoms with Crippen LogP contribution in [0.5, 0.6) is 0 Å². The second-order valence-corrected chi connectivity index (χ2v) is 4.09. The molecule has 0 fully saturated rings. The lowest BCUT2D eigenvalue weighted by atomic mass is 10.1. The first-order chi connectivity index (χ1) is 9.06. The average Bonchev–Trinajstić information content (AvgIpc) is 2.75. The largest absolute Gasteiger partial charge is 0.480 e. The van der Waals surface area contributed by atoms with Crippen LogP contribution < -0.4 is 10.6 Å². The smallest absolute Gasteiger partial charge is 0.323 e. The molecule has 0 bridgehead atoms. The third-order valence-electron chi connectivity index (χ3n) is 2.67. The Morgan fingerprint density at radius 3 is 2.89 bits per heavy atom. The molecule has 19 heavy (non-hydrogen) atoms. The highest BCUT2D eigenvalue weighted by atomic mass is 16.4. The third kappa shape index (κ3) is 3.21. The molecule has 1 aromatic heterocycles. The summed E-state index contributed by atoms with van der Waals surface area (Å²) < 4.78 is 1.75. The Morgan fingerprint density at radius 2 is 2.16 bits per heavy atom. The quantitative estimate of drug-likeness (QED) is 0.745. The molecule has 0 spiro atoms. The van der Waals surface area contributed by atoms with Crippen molar-refractivity contribution >= 4 is 22.9 Å². The summed E-state index contributed by atoms with van der Waals surface area (Å²) in [6.45, 7) is -0.0703. The summed E-state index contributed by atoms with van der Waals surface area (Å²) >= 11 is 0. The lowest BCUT2D eigenvalue weighted by Gasteiger charge is -2.06. The number of fused-ring (bicyclic) bond motifs is 1. The Labute approximate surface area is 109 Å². The number of nitrogens with zero attached hydrogens (tertiary/aromatic N) is 2. The predicted octanol–water partition coefficient (Wildman–Crippen LogP) is 0.457. The zero-order chi connectivity index (χ0) is 13.8. The fourth-order valence-electron chi connectivity index (χ4n) is 1.70. The van der Waals surface area contributed by atoms with Crippen molar-refractivity contribution in [3.8, 4) is 0 Å². The van der Waals surface area contributed by atoms with E-state index in [1.165, 1.54) is 0 Å². The summed E-state index contributed by atoms with van der Waals surface area (Å²) in [5.41, 5.74) is 1.90. The van der Waals surface area contributed by atoms with E-state index in [0.29, 0.717) is 6.54 Å². The van der Waals surface area contributed by atoms with Gasteiger partial charge in [0, 0.05) is 19.0 Å². The van der Waals surface area contributed by atoms with Crippen molar-refractivity contribution in [1.29, 1.82) is 0 Å². The van der Waals surface area contributed by atoms with E-state index >= 15 is 0 Å². The maximum Gasteiger partial charge on any atom is 0.323 e. The van der Waals surface area contributed by atoms with E-state index in [2.05, 4.69) is 15.7 Å². The van der Waals surface area contributed by atoms with Crippen LogP contribution in [0.4, 0.5) is 4.79 Å². The molecule has 0 unspecified atom stereocenters. The molecule has 0 saturated carbocycles. The van der Waals surface area contributed by atoms with Gasteiger partial charge in [-0.2, -0.15) is 5.10 Å². The molecule has 2 amide bonds. The zero-order valence-electron chi connectivity index (χ0n) is 10.4. The molecule has 0 atom stereocenters. The summed E-state index contributed by atoms with van der Waals surface area (Å²) in [5, 5.41) is 18.4. The Hall–Kier alpha value is -2.57. The highest BCUT2D eigenvalue weighted by Crippen LogP contribution is 2.14. The minimum absolute atomic E-state index is 0.326. The van der Waals surface area contributed by atoms with E-state index in [9.17, 15) is 9.59 Å². The van der Waals surface area contributed by atoms with Crippen molar-refractivity contribution in [1.82, 2.24) is 20.4 Å². The van der Waals surface area contributed by atoms with Crippen LogP contribution in [0.25, 0.3) is 10.9 Å². The van der Waals surface area contributed by atoms with E-state index in [1.807, 2.05) is 25.2 Å². The highest BCUT2D eigenvalue weighted by molar-refractivity contribution is 5.81. The van der Waals surface area contributed by atoms with Gasteiger partial charge in [-0.1, -0.05) is 12.1 Å². The Morgan fingerprint density at radius 1 is 1.37 bits per heavy atom. The van der Waals surface area contributed by atoms with Crippen LogP contribution in [0.1, 0.15) is 5.56 Å². The molecule has 3 N–H and O–H groups in total. The molecular formula is C12H14N4O3. The molecule has 0 radical (unpaired) electrons. The molecule has 0 saturated heterocycles. The van der Waals surface area contributed by atoms with Gasteiger partial charge in [0.1, 0.15) is 6.54 Å². The number of aliphatic carboxylic acids is 1. The van der Waals surface area contributed by atoms with Crippen molar-refractivity contribution in [2.24, 2.45) is 7.05 Å². The number of aryl methyl sites for hydroxylation is 1. The maximum absolute atomic E-state index is 11.3. The zero-order valence-corrected chi connectivity index (χ0v) is 10.4. The highest BCUT2D eigenvalue weighted by Gasteiger charge is 2.04. The lowest BCUT2D eigenvalue weighted by molar-refractivity contribution is -0.135. The van der Waals surface area contributed by atoms with Crippen LogP contribution in [0, 0.1) is 0 Å². The lowest BCUT2D eigenvalue weighted by Crippen LogP contribution is -2.37. The van der Waals surface area contributed by atoms with Gasteiger partial charge < -0.3 is 15.7 Å². The number of hydrogen-bond donors (Lipinski definition) is 3. The number of carbonyl (C=O) groups excluding carboxylic acids is 1. The SMILES string of the molecule is Cn1ncc2ccc(CNC(=O)NCC(=O)O)cc21.